The molecule has 0 saturated heterocycles. The highest BCUT2D eigenvalue weighted by atomic mass is 16.5. The molecular formula is C24H29N3O4. The Kier molecular flexibility index (Phi) is 7.20. The Labute approximate surface area is 182 Å². The van der Waals surface area contributed by atoms with Gasteiger partial charge in [-0.1, -0.05) is 50.2 Å². The van der Waals surface area contributed by atoms with Gasteiger partial charge >= 0.3 is 0 Å². The summed E-state index contributed by atoms with van der Waals surface area (Å²) in [5.74, 6) is 1.27. The van der Waals surface area contributed by atoms with E-state index in [0.29, 0.717) is 24.5 Å². The molecule has 0 aliphatic rings. The summed E-state index contributed by atoms with van der Waals surface area (Å²) in [5, 5.41) is 12.9. The Morgan fingerprint density at radius 1 is 1.13 bits per heavy atom. The summed E-state index contributed by atoms with van der Waals surface area (Å²) >= 11 is 0. The fraction of sp³-hybridized carbons (Fsp3) is 0.375. The molecule has 0 bridgehead atoms. The largest absolute Gasteiger partial charge is 0.394 e. The van der Waals surface area contributed by atoms with Crippen molar-refractivity contribution >= 4 is 11.6 Å². The summed E-state index contributed by atoms with van der Waals surface area (Å²) in [7, 11) is 0. The molecule has 0 aliphatic heterocycles. The van der Waals surface area contributed by atoms with Crippen molar-refractivity contribution in [2.75, 3.05) is 18.9 Å². The minimum absolute atomic E-state index is 0.0401. The number of Topliss-reactive ketones (excluding diaryl/α,β-unsaturated/α-hetero) is 1. The maximum absolute atomic E-state index is 12.5. The van der Waals surface area contributed by atoms with Crippen LogP contribution in [0.2, 0.25) is 0 Å². The standard InChI is InChI=1S/C24H29N3O4/c1-24(2,3)22-13-20(27-31-22)12-21(29)10-16-4-6-17(7-5-16)18-11-19(15-30-9-8-28)23(25)26-14-18/h4-7,11,13-14,28H,8-10,12,15H2,1-3H3,(H2,25,26). The average Bonchev–Trinajstić information content (AvgIpc) is 3.19. The smallest absolute Gasteiger partial charge is 0.143 e. The lowest BCUT2D eigenvalue weighted by Crippen LogP contribution is -2.09. The average molecular weight is 424 g/mol. The summed E-state index contributed by atoms with van der Waals surface area (Å²) < 4.78 is 10.7. The van der Waals surface area contributed by atoms with Crippen LogP contribution in [0.1, 0.15) is 43.4 Å². The van der Waals surface area contributed by atoms with Crippen LogP contribution in [0.3, 0.4) is 0 Å². The minimum atomic E-state index is -0.133. The lowest BCUT2D eigenvalue weighted by Gasteiger charge is -2.12. The SMILES string of the molecule is CC(C)(C)c1cc(CC(=O)Cc2ccc(-c3cnc(N)c(COCCO)c3)cc2)no1. The van der Waals surface area contributed by atoms with E-state index in [0.717, 1.165) is 28.0 Å². The fourth-order valence-corrected chi connectivity index (χ4v) is 3.10. The van der Waals surface area contributed by atoms with Crippen molar-refractivity contribution in [3.05, 3.63) is 65.2 Å². The number of carbonyl (C=O) groups excluding carboxylic acids is 1. The Hall–Kier alpha value is -3.03. The Bertz CT molecular complexity index is 1020. The van der Waals surface area contributed by atoms with E-state index >= 15 is 0 Å². The second kappa shape index (κ2) is 9.85. The molecule has 7 nitrogen and oxygen atoms in total. The van der Waals surface area contributed by atoms with Crippen molar-refractivity contribution in [3.8, 4) is 11.1 Å². The molecule has 1 aromatic carbocycles. The molecule has 0 fully saturated rings. The van der Waals surface area contributed by atoms with Gasteiger partial charge in [0.15, 0.2) is 0 Å². The molecule has 3 rings (SSSR count). The number of benzene rings is 1. The van der Waals surface area contributed by atoms with Crippen molar-refractivity contribution in [1.82, 2.24) is 10.1 Å². The molecule has 0 saturated carbocycles. The van der Waals surface area contributed by atoms with Crippen LogP contribution in [-0.2, 0) is 34.4 Å². The van der Waals surface area contributed by atoms with Crippen LogP contribution >= 0.6 is 0 Å². The van der Waals surface area contributed by atoms with Crippen molar-refractivity contribution in [3.63, 3.8) is 0 Å². The van der Waals surface area contributed by atoms with Gasteiger partial charge in [-0.15, -0.1) is 0 Å². The molecule has 3 N–H and O–H groups in total. The first kappa shape index (κ1) is 22.7. The van der Waals surface area contributed by atoms with Gasteiger partial charge in [-0.3, -0.25) is 4.79 Å². The number of aromatic nitrogens is 2. The zero-order valence-electron chi connectivity index (χ0n) is 18.2. The van der Waals surface area contributed by atoms with E-state index in [4.69, 9.17) is 20.1 Å². The van der Waals surface area contributed by atoms with Crippen LogP contribution in [0, 0.1) is 0 Å². The number of nitrogens with two attached hydrogens (primary N) is 1. The predicted octanol–water partition coefficient (Wildman–Crippen LogP) is 3.48. The van der Waals surface area contributed by atoms with Gasteiger partial charge in [-0.25, -0.2) is 4.98 Å². The first-order chi connectivity index (χ1) is 14.8. The van der Waals surface area contributed by atoms with E-state index in [1.54, 1.807) is 6.20 Å². The topological polar surface area (TPSA) is 111 Å². The van der Waals surface area contributed by atoms with E-state index < -0.39 is 0 Å². The quantitative estimate of drug-likeness (QED) is 0.507. The first-order valence-corrected chi connectivity index (χ1v) is 10.3. The van der Waals surface area contributed by atoms with Gasteiger partial charge < -0.3 is 20.1 Å². The van der Waals surface area contributed by atoms with Gasteiger partial charge in [0.25, 0.3) is 0 Å². The summed E-state index contributed by atoms with van der Waals surface area (Å²) in [6, 6.07) is 11.6. The molecule has 0 aliphatic carbocycles. The first-order valence-electron chi connectivity index (χ1n) is 10.3. The van der Waals surface area contributed by atoms with Crippen LogP contribution < -0.4 is 5.73 Å². The van der Waals surface area contributed by atoms with Crippen molar-refractivity contribution < 1.29 is 19.2 Å². The third kappa shape index (κ3) is 6.23. The number of ether oxygens (including phenoxy) is 1. The number of nitrogens with zero attached hydrogens (tertiary/aromatic N) is 2. The van der Waals surface area contributed by atoms with E-state index in [-0.39, 0.29) is 30.8 Å². The monoisotopic (exact) mass is 423 g/mol. The zero-order valence-corrected chi connectivity index (χ0v) is 18.2. The lowest BCUT2D eigenvalue weighted by atomic mass is 9.93. The molecule has 0 unspecified atom stereocenters. The molecule has 0 spiro atoms. The molecule has 0 atom stereocenters. The van der Waals surface area contributed by atoms with Crippen molar-refractivity contribution in [1.29, 1.82) is 0 Å². The third-order valence-corrected chi connectivity index (χ3v) is 4.86. The molecule has 164 valence electrons. The van der Waals surface area contributed by atoms with Crippen molar-refractivity contribution in [2.24, 2.45) is 0 Å². The summed E-state index contributed by atoms with van der Waals surface area (Å²) in [4.78, 5) is 16.7. The fourth-order valence-electron chi connectivity index (χ4n) is 3.10. The zero-order chi connectivity index (χ0) is 22.4. The van der Waals surface area contributed by atoms with E-state index in [1.165, 1.54) is 0 Å². The van der Waals surface area contributed by atoms with E-state index in [2.05, 4.69) is 10.1 Å². The second-order valence-electron chi connectivity index (χ2n) is 8.57. The highest BCUT2D eigenvalue weighted by Gasteiger charge is 2.20. The predicted molar refractivity (Wildman–Crippen MR) is 118 cm³/mol. The highest BCUT2D eigenvalue weighted by Crippen LogP contribution is 2.24. The van der Waals surface area contributed by atoms with Crippen molar-refractivity contribution in [2.45, 2.75) is 45.6 Å². The van der Waals surface area contributed by atoms with E-state index in [9.17, 15) is 4.79 Å². The number of aliphatic hydroxyl groups is 1. The molecule has 3 aromatic rings. The molecule has 2 heterocycles. The van der Waals surface area contributed by atoms with Gasteiger partial charge in [0.1, 0.15) is 17.4 Å². The maximum Gasteiger partial charge on any atom is 0.143 e. The molecule has 31 heavy (non-hydrogen) atoms. The number of hydrogen-bond acceptors (Lipinski definition) is 7. The summed E-state index contributed by atoms with van der Waals surface area (Å²) in [6.45, 7) is 6.63. The third-order valence-electron chi connectivity index (χ3n) is 4.86. The van der Waals surface area contributed by atoms with Gasteiger partial charge in [0, 0.05) is 35.2 Å². The number of anilines is 1. The van der Waals surface area contributed by atoms with Crippen LogP contribution in [0.25, 0.3) is 11.1 Å². The highest BCUT2D eigenvalue weighted by molar-refractivity contribution is 5.83. The number of carbonyl (C=O) groups is 1. The number of ketones is 1. The van der Waals surface area contributed by atoms with Crippen LogP contribution in [0.15, 0.2) is 47.1 Å². The molecule has 2 aromatic heterocycles. The molecular weight excluding hydrogens is 394 g/mol. The number of nitrogen functional groups attached to an aromatic ring is 1. The normalized spacial score (nSPS) is 11.6. The second-order valence-corrected chi connectivity index (χ2v) is 8.57. The van der Waals surface area contributed by atoms with Gasteiger partial charge in [0.05, 0.1) is 31.9 Å². The number of aliphatic hydroxyl groups excluding tert-OH is 1. The molecule has 0 amide bonds. The lowest BCUT2D eigenvalue weighted by molar-refractivity contribution is -0.117. The van der Waals surface area contributed by atoms with Crippen LogP contribution in [0.4, 0.5) is 5.82 Å². The summed E-state index contributed by atoms with van der Waals surface area (Å²) in [6.07, 6.45) is 2.29. The van der Waals surface area contributed by atoms with Gasteiger partial charge in [-0.05, 0) is 17.2 Å². The number of pyridine rings is 1. The Morgan fingerprint density at radius 3 is 2.52 bits per heavy atom. The van der Waals surface area contributed by atoms with Gasteiger partial charge in [-0.2, -0.15) is 0 Å². The minimum Gasteiger partial charge on any atom is -0.394 e. The van der Waals surface area contributed by atoms with Gasteiger partial charge in [0.2, 0.25) is 0 Å². The molecule has 0 radical (unpaired) electrons. The van der Waals surface area contributed by atoms with Crippen LogP contribution in [0.5, 0.6) is 0 Å². The maximum atomic E-state index is 12.5. The summed E-state index contributed by atoms with van der Waals surface area (Å²) in [5.41, 5.74) is 10.0. The molecule has 7 heteroatoms. The Morgan fingerprint density at radius 2 is 1.87 bits per heavy atom. The Balaban J connectivity index is 1.63. The number of hydrogen-bond donors (Lipinski definition) is 2. The van der Waals surface area contributed by atoms with Crippen LogP contribution in [-0.4, -0.2) is 34.2 Å². The van der Waals surface area contributed by atoms with E-state index in [1.807, 2.05) is 57.2 Å². The number of rotatable bonds is 9.